The number of hydrogen-bond acceptors (Lipinski definition) is 3. The lowest BCUT2D eigenvalue weighted by Crippen LogP contribution is -2.47. The average Bonchev–Trinajstić information content (AvgIpc) is 2.54. The number of amides is 2. The van der Waals surface area contributed by atoms with Gasteiger partial charge in [0.2, 0.25) is 0 Å². The van der Waals surface area contributed by atoms with E-state index < -0.39 is 23.7 Å². The van der Waals surface area contributed by atoms with Crippen molar-refractivity contribution in [2.75, 3.05) is 0 Å². The minimum Gasteiger partial charge on any atom is -0.481 e. The molecule has 0 aliphatic carbocycles. The second-order valence-electron chi connectivity index (χ2n) is 4.67. The summed E-state index contributed by atoms with van der Waals surface area (Å²) < 4.78 is 18.1. The monoisotopic (exact) mass is 336 g/mol. The minimum atomic E-state index is -0.875. The fraction of sp³-hybridized carbons (Fsp3) is 0.125. The summed E-state index contributed by atoms with van der Waals surface area (Å²) in [5.41, 5.74) is 4.83. The van der Waals surface area contributed by atoms with Crippen LogP contribution in [0.5, 0.6) is 5.75 Å². The first-order chi connectivity index (χ1) is 11.0. The smallest absolute Gasteiger partial charge is 0.279 e. The Balaban J connectivity index is 1.86. The van der Waals surface area contributed by atoms with Crippen LogP contribution >= 0.6 is 11.6 Å². The molecule has 0 aliphatic rings. The van der Waals surface area contributed by atoms with Gasteiger partial charge >= 0.3 is 0 Å². The summed E-state index contributed by atoms with van der Waals surface area (Å²) in [6.07, 6.45) is -0.875. The summed E-state index contributed by atoms with van der Waals surface area (Å²) in [4.78, 5) is 23.7. The first-order valence-electron chi connectivity index (χ1n) is 6.73. The number of nitrogens with one attached hydrogen (secondary N) is 2. The molecule has 2 aromatic rings. The van der Waals surface area contributed by atoms with E-state index in [2.05, 4.69) is 10.9 Å². The second kappa shape index (κ2) is 7.60. The molecule has 0 spiro atoms. The van der Waals surface area contributed by atoms with Crippen molar-refractivity contribution in [1.29, 1.82) is 0 Å². The molecule has 120 valence electrons. The zero-order chi connectivity index (χ0) is 16.8. The normalized spacial score (nSPS) is 11.4. The van der Waals surface area contributed by atoms with Crippen molar-refractivity contribution in [3.63, 3.8) is 0 Å². The summed E-state index contributed by atoms with van der Waals surface area (Å²) in [6, 6.07) is 11.6. The van der Waals surface area contributed by atoms with Crippen LogP contribution in [-0.2, 0) is 4.79 Å². The first kappa shape index (κ1) is 16.8. The predicted octanol–water partition coefficient (Wildman–Crippen LogP) is 2.71. The number of hydrogen-bond donors (Lipinski definition) is 2. The molecule has 0 bridgehead atoms. The van der Waals surface area contributed by atoms with E-state index in [1.54, 1.807) is 18.2 Å². The number of carbonyl (C=O) groups excluding carboxylic acids is 2. The van der Waals surface area contributed by atoms with Crippen LogP contribution in [0.4, 0.5) is 4.39 Å². The van der Waals surface area contributed by atoms with Crippen molar-refractivity contribution in [3.8, 4) is 5.75 Å². The maximum absolute atomic E-state index is 12.8. The molecule has 2 aromatic carbocycles. The summed E-state index contributed by atoms with van der Waals surface area (Å²) in [5, 5.41) is 0.414. The van der Waals surface area contributed by atoms with Crippen molar-refractivity contribution < 1.29 is 18.7 Å². The van der Waals surface area contributed by atoms with Gasteiger partial charge in [-0.3, -0.25) is 20.4 Å². The van der Waals surface area contributed by atoms with Crippen molar-refractivity contribution in [1.82, 2.24) is 10.9 Å². The maximum atomic E-state index is 12.8. The SMILES string of the molecule is CC(Oc1ccc(F)cc1)C(=O)NNC(=O)c1cccc(Cl)c1. The topological polar surface area (TPSA) is 67.4 Å². The van der Waals surface area contributed by atoms with E-state index in [0.717, 1.165) is 0 Å². The highest BCUT2D eigenvalue weighted by atomic mass is 35.5. The molecule has 23 heavy (non-hydrogen) atoms. The quantitative estimate of drug-likeness (QED) is 0.844. The van der Waals surface area contributed by atoms with E-state index in [1.165, 1.54) is 37.3 Å². The number of hydrazine groups is 1. The Labute approximate surface area is 137 Å². The van der Waals surface area contributed by atoms with Crippen LogP contribution in [0.2, 0.25) is 5.02 Å². The molecule has 1 unspecified atom stereocenters. The zero-order valence-corrected chi connectivity index (χ0v) is 12.9. The Morgan fingerprint density at radius 3 is 2.48 bits per heavy atom. The Hall–Kier alpha value is -2.60. The van der Waals surface area contributed by atoms with Gasteiger partial charge in [0.15, 0.2) is 6.10 Å². The summed E-state index contributed by atoms with van der Waals surface area (Å²) in [6.45, 7) is 1.50. The van der Waals surface area contributed by atoms with Gasteiger partial charge in [-0.1, -0.05) is 17.7 Å². The minimum absolute atomic E-state index is 0.310. The number of halogens is 2. The van der Waals surface area contributed by atoms with Crippen molar-refractivity contribution in [3.05, 3.63) is 64.9 Å². The third-order valence-corrected chi connectivity index (χ3v) is 3.12. The van der Waals surface area contributed by atoms with Gasteiger partial charge in [0.25, 0.3) is 11.8 Å². The maximum Gasteiger partial charge on any atom is 0.279 e. The molecule has 2 rings (SSSR count). The fourth-order valence-corrected chi connectivity index (χ4v) is 1.88. The number of rotatable bonds is 4. The zero-order valence-electron chi connectivity index (χ0n) is 12.2. The van der Waals surface area contributed by atoms with Crippen molar-refractivity contribution >= 4 is 23.4 Å². The van der Waals surface area contributed by atoms with E-state index in [0.29, 0.717) is 16.3 Å². The van der Waals surface area contributed by atoms with Crippen molar-refractivity contribution in [2.45, 2.75) is 13.0 Å². The van der Waals surface area contributed by atoms with Gasteiger partial charge in [-0.15, -0.1) is 0 Å². The first-order valence-corrected chi connectivity index (χ1v) is 7.11. The lowest BCUT2D eigenvalue weighted by atomic mass is 10.2. The molecule has 2 amide bonds. The third kappa shape index (κ3) is 4.96. The highest BCUT2D eigenvalue weighted by Gasteiger charge is 2.16. The Morgan fingerprint density at radius 2 is 1.83 bits per heavy atom. The van der Waals surface area contributed by atoms with Crippen molar-refractivity contribution in [2.24, 2.45) is 0 Å². The fourth-order valence-electron chi connectivity index (χ4n) is 1.69. The van der Waals surface area contributed by atoms with E-state index >= 15 is 0 Å². The second-order valence-corrected chi connectivity index (χ2v) is 5.10. The van der Waals surface area contributed by atoms with Gasteiger partial charge in [-0.05, 0) is 49.4 Å². The molecule has 2 N–H and O–H groups in total. The lowest BCUT2D eigenvalue weighted by molar-refractivity contribution is -0.128. The van der Waals surface area contributed by atoms with Crippen LogP contribution in [0.3, 0.4) is 0 Å². The van der Waals surface area contributed by atoms with Gasteiger partial charge in [0.05, 0.1) is 0 Å². The molecule has 1 atom stereocenters. The van der Waals surface area contributed by atoms with Crippen LogP contribution < -0.4 is 15.6 Å². The van der Waals surface area contributed by atoms with Gasteiger partial charge in [-0.2, -0.15) is 0 Å². The molecular formula is C16H14ClFN2O3. The molecule has 0 radical (unpaired) electrons. The number of benzene rings is 2. The molecule has 7 heteroatoms. The van der Waals surface area contributed by atoms with Gasteiger partial charge in [0, 0.05) is 10.6 Å². The molecule has 5 nitrogen and oxygen atoms in total. The number of carbonyl (C=O) groups is 2. The van der Waals surface area contributed by atoms with E-state index in [-0.39, 0.29) is 0 Å². The average molecular weight is 337 g/mol. The van der Waals surface area contributed by atoms with E-state index in [4.69, 9.17) is 16.3 Å². The summed E-state index contributed by atoms with van der Waals surface area (Å²) in [5.74, 6) is -1.11. The largest absolute Gasteiger partial charge is 0.481 e. The molecular weight excluding hydrogens is 323 g/mol. The van der Waals surface area contributed by atoms with Crippen LogP contribution in [0, 0.1) is 5.82 Å². The van der Waals surface area contributed by atoms with Gasteiger partial charge in [-0.25, -0.2) is 4.39 Å². The van der Waals surface area contributed by atoms with Gasteiger partial charge in [0.1, 0.15) is 11.6 Å². The van der Waals surface area contributed by atoms with E-state index in [1.807, 2.05) is 0 Å². The van der Waals surface area contributed by atoms with Crippen LogP contribution in [0.1, 0.15) is 17.3 Å². The van der Waals surface area contributed by atoms with Gasteiger partial charge < -0.3 is 4.74 Å². The van der Waals surface area contributed by atoms with Crippen LogP contribution in [0.25, 0.3) is 0 Å². The molecule has 0 saturated heterocycles. The van der Waals surface area contributed by atoms with Crippen LogP contribution in [0.15, 0.2) is 48.5 Å². The summed E-state index contributed by atoms with van der Waals surface area (Å²) in [7, 11) is 0. The third-order valence-electron chi connectivity index (χ3n) is 2.88. The molecule has 0 aliphatic heterocycles. The Kier molecular flexibility index (Phi) is 5.54. The van der Waals surface area contributed by atoms with Crippen LogP contribution in [-0.4, -0.2) is 17.9 Å². The molecule has 0 saturated carbocycles. The lowest BCUT2D eigenvalue weighted by Gasteiger charge is -2.15. The highest BCUT2D eigenvalue weighted by Crippen LogP contribution is 2.13. The molecule has 0 fully saturated rings. The summed E-state index contributed by atoms with van der Waals surface area (Å²) >= 11 is 5.79. The van der Waals surface area contributed by atoms with E-state index in [9.17, 15) is 14.0 Å². The molecule has 0 aromatic heterocycles. The highest BCUT2D eigenvalue weighted by molar-refractivity contribution is 6.30. The number of ether oxygens (including phenoxy) is 1. The predicted molar refractivity (Wildman–Crippen MR) is 83.6 cm³/mol. The Morgan fingerprint density at radius 1 is 1.13 bits per heavy atom. The standard InChI is InChI=1S/C16H14ClFN2O3/c1-10(23-14-7-5-13(18)6-8-14)15(21)19-20-16(22)11-3-2-4-12(17)9-11/h2-10H,1H3,(H,19,21)(H,20,22). The Bertz CT molecular complexity index is 707. The molecule has 0 heterocycles.